The van der Waals surface area contributed by atoms with E-state index in [1.807, 2.05) is 67.9 Å². The SMILES string of the molecule is C=CC(=O)Nc1ccc(Cn2nc(C(=O)Nc3cccc(C)c3)c3c2C(C)CN(C(=O)c2ccc[nH]2)C3)cc1C. The molecule has 40 heavy (non-hydrogen) atoms. The van der Waals surface area contributed by atoms with Gasteiger partial charge >= 0.3 is 0 Å². The third kappa shape index (κ3) is 5.44. The molecule has 1 aliphatic heterocycles. The fourth-order valence-corrected chi connectivity index (χ4v) is 5.22. The number of carbonyl (C=O) groups is 3. The van der Waals surface area contributed by atoms with Crippen LogP contribution in [0.3, 0.4) is 0 Å². The molecule has 0 spiro atoms. The van der Waals surface area contributed by atoms with Gasteiger partial charge in [-0.2, -0.15) is 5.10 Å². The third-order valence-electron chi connectivity index (χ3n) is 7.08. The van der Waals surface area contributed by atoms with Crippen molar-refractivity contribution in [2.75, 3.05) is 17.2 Å². The lowest BCUT2D eigenvalue weighted by Gasteiger charge is -2.32. The van der Waals surface area contributed by atoms with Crippen LogP contribution in [0.1, 0.15) is 61.8 Å². The van der Waals surface area contributed by atoms with E-state index in [1.54, 1.807) is 23.2 Å². The van der Waals surface area contributed by atoms with Gasteiger partial charge in [0.05, 0.1) is 13.1 Å². The molecule has 3 amide bonds. The zero-order valence-electron chi connectivity index (χ0n) is 22.8. The van der Waals surface area contributed by atoms with Crippen LogP contribution >= 0.6 is 0 Å². The van der Waals surface area contributed by atoms with Crippen molar-refractivity contribution in [3.05, 3.63) is 113 Å². The summed E-state index contributed by atoms with van der Waals surface area (Å²) in [5.41, 5.74) is 6.80. The van der Waals surface area contributed by atoms with Crippen molar-refractivity contribution in [2.45, 2.75) is 39.8 Å². The number of nitrogens with one attached hydrogen (secondary N) is 3. The number of fused-ring (bicyclic) bond motifs is 1. The Morgan fingerprint density at radius 1 is 1.10 bits per heavy atom. The molecule has 1 atom stereocenters. The summed E-state index contributed by atoms with van der Waals surface area (Å²) in [5, 5.41) is 10.6. The van der Waals surface area contributed by atoms with Gasteiger partial charge in [0, 0.05) is 41.3 Å². The van der Waals surface area contributed by atoms with Gasteiger partial charge in [-0.15, -0.1) is 0 Å². The fourth-order valence-electron chi connectivity index (χ4n) is 5.22. The first-order valence-electron chi connectivity index (χ1n) is 13.2. The topological polar surface area (TPSA) is 112 Å². The molecule has 4 aromatic rings. The van der Waals surface area contributed by atoms with Gasteiger partial charge in [-0.25, -0.2) is 0 Å². The lowest BCUT2D eigenvalue weighted by molar-refractivity contribution is -0.111. The fraction of sp³-hybridized carbons (Fsp3) is 0.226. The number of nitrogens with zero attached hydrogens (tertiary/aromatic N) is 3. The molecule has 1 aliphatic rings. The van der Waals surface area contributed by atoms with Crippen molar-refractivity contribution < 1.29 is 14.4 Å². The Labute approximate surface area is 232 Å². The summed E-state index contributed by atoms with van der Waals surface area (Å²) in [5.74, 6) is -0.759. The van der Waals surface area contributed by atoms with Gasteiger partial charge in [0.15, 0.2) is 5.69 Å². The molecular formula is C31H32N6O3. The van der Waals surface area contributed by atoms with Gasteiger partial charge in [0.1, 0.15) is 5.69 Å². The zero-order valence-corrected chi connectivity index (χ0v) is 22.8. The molecule has 9 nitrogen and oxygen atoms in total. The number of aromatic nitrogens is 3. The van der Waals surface area contributed by atoms with E-state index < -0.39 is 0 Å². The standard InChI is InChI=1S/C31H32N6O3/c1-5-27(38)34-25-12-11-22(15-20(25)3)17-37-29-21(4)16-36(31(40)26-10-7-13-32-26)18-24(29)28(35-37)30(39)33-23-9-6-8-19(2)14-23/h5-15,21,32H,1,16-18H2,2-4H3,(H,33,39)(H,34,38). The molecule has 0 fully saturated rings. The Balaban J connectivity index is 1.50. The van der Waals surface area contributed by atoms with E-state index in [-0.39, 0.29) is 30.2 Å². The van der Waals surface area contributed by atoms with E-state index in [4.69, 9.17) is 5.10 Å². The quantitative estimate of drug-likeness (QED) is 0.288. The van der Waals surface area contributed by atoms with Gasteiger partial charge in [-0.05, 0) is 66.9 Å². The first-order valence-corrected chi connectivity index (χ1v) is 13.2. The van der Waals surface area contributed by atoms with Crippen molar-refractivity contribution >= 4 is 29.1 Å². The maximum atomic E-state index is 13.6. The van der Waals surface area contributed by atoms with Crippen molar-refractivity contribution in [2.24, 2.45) is 0 Å². The highest BCUT2D eigenvalue weighted by atomic mass is 16.2. The van der Waals surface area contributed by atoms with Crippen molar-refractivity contribution in [3.63, 3.8) is 0 Å². The summed E-state index contributed by atoms with van der Waals surface area (Å²) in [7, 11) is 0. The summed E-state index contributed by atoms with van der Waals surface area (Å²) in [6.45, 7) is 10.7. The Bertz CT molecular complexity index is 1600. The van der Waals surface area contributed by atoms with Crippen LogP contribution in [0, 0.1) is 13.8 Å². The van der Waals surface area contributed by atoms with Crippen LogP contribution in [-0.2, 0) is 17.9 Å². The summed E-state index contributed by atoms with van der Waals surface area (Å²) in [6.07, 6.45) is 2.96. The number of amides is 3. The number of aromatic amines is 1. The number of aryl methyl sites for hydroxylation is 2. The minimum absolute atomic E-state index is 0.0528. The van der Waals surface area contributed by atoms with Gasteiger partial charge in [-0.3, -0.25) is 19.1 Å². The molecule has 3 N–H and O–H groups in total. The molecule has 0 saturated carbocycles. The predicted molar refractivity (Wildman–Crippen MR) is 154 cm³/mol. The van der Waals surface area contributed by atoms with E-state index in [9.17, 15) is 14.4 Å². The minimum atomic E-state index is -0.319. The first-order chi connectivity index (χ1) is 19.2. The highest BCUT2D eigenvalue weighted by Gasteiger charge is 2.34. The van der Waals surface area contributed by atoms with Gasteiger partial charge in [0.2, 0.25) is 5.91 Å². The molecule has 5 rings (SSSR count). The van der Waals surface area contributed by atoms with Gasteiger partial charge < -0.3 is 20.5 Å². The number of hydrogen-bond acceptors (Lipinski definition) is 4. The van der Waals surface area contributed by atoms with Crippen LogP contribution in [0.15, 0.2) is 73.4 Å². The second-order valence-electron chi connectivity index (χ2n) is 10.2. The molecule has 9 heteroatoms. The summed E-state index contributed by atoms with van der Waals surface area (Å²) < 4.78 is 1.87. The third-order valence-corrected chi connectivity index (χ3v) is 7.08. The lowest BCUT2D eigenvalue weighted by Crippen LogP contribution is -2.38. The Morgan fingerprint density at radius 3 is 2.62 bits per heavy atom. The Morgan fingerprint density at radius 2 is 1.93 bits per heavy atom. The average molecular weight is 537 g/mol. The van der Waals surface area contributed by atoms with E-state index >= 15 is 0 Å². The van der Waals surface area contributed by atoms with Crippen LogP contribution < -0.4 is 10.6 Å². The maximum absolute atomic E-state index is 13.6. The van der Waals surface area contributed by atoms with Gasteiger partial charge in [0.25, 0.3) is 11.8 Å². The van der Waals surface area contributed by atoms with Gasteiger partial charge in [-0.1, -0.05) is 37.8 Å². The molecule has 0 radical (unpaired) electrons. The molecule has 0 bridgehead atoms. The van der Waals surface area contributed by atoms with Crippen LogP contribution in [0.25, 0.3) is 0 Å². The smallest absolute Gasteiger partial charge is 0.276 e. The second kappa shape index (κ2) is 11.1. The predicted octanol–water partition coefficient (Wildman–Crippen LogP) is 5.01. The number of carbonyl (C=O) groups excluding carboxylic acids is 3. The monoisotopic (exact) mass is 536 g/mol. The summed E-state index contributed by atoms with van der Waals surface area (Å²) >= 11 is 0. The molecule has 0 saturated heterocycles. The molecule has 3 heterocycles. The van der Waals surface area contributed by atoms with E-state index in [1.165, 1.54) is 6.08 Å². The summed E-state index contributed by atoms with van der Waals surface area (Å²) in [4.78, 5) is 43.3. The number of H-pyrrole nitrogens is 1. The molecule has 2 aromatic heterocycles. The maximum Gasteiger partial charge on any atom is 0.276 e. The summed E-state index contributed by atoms with van der Waals surface area (Å²) in [6, 6.07) is 16.9. The van der Waals surface area contributed by atoms with E-state index in [2.05, 4.69) is 22.2 Å². The lowest BCUT2D eigenvalue weighted by atomic mass is 9.95. The number of anilines is 2. The van der Waals surface area contributed by atoms with Crippen LogP contribution in [-0.4, -0.2) is 43.9 Å². The van der Waals surface area contributed by atoms with E-state index in [0.29, 0.717) is 35.9 Å². The molecular weight excluding hydrogens is 504 g/mol. The molecule has 0 aliphatic carbocycles. The van der Waals surface area contributed by atoms with Crippen LogP contribution in [0.4, 0.5) is 11.4 Å². The second-order valence-corrected chi connectivity index (χ2v) is 10.2. The Kier molecular flexibility index (Phi) is 7.37. The normalized spacial score (nSPS) is 14.4. The Hall–Kier alpha value is -4.92. The first kappa shape index (κ1) is 26.7. The number of rotatable bonds is 7. The average Bonchev–Trinajstić information content (AvgIpc) is 3.59. The van der Waals surface area contributed by atoms with Crippen LogP contribution in [0.2, 0.25) is 0 Å². The minimum Gasteiger partial charge on any atom is -0.357 e. The van der Waals surface area contributed by atoms with E-state index in [0.717, 1.165) is 27.9 Å². The zero-order chi connectivity index (χ0) is 28.4. The van der Waals surface area contributed by atoms with Crippen LogP contribution in [0.5, 0.6) is 0 Å². The van der Waals surface area contributed by atoms with Crippen molar-refractivity contribution in [1.29, 1.82) is 0 Å². The highest BCUT2D eigenvalue weighted by molar-refractivity contribution is 6.04. The van der Waals surface area contributed by atoms with Crippen molar-refractivity contribution in [3.8, 4) is 0 Å². The molecule has 204 valence electrons. The number of benzene rings is 2. The molecule has 1 unspecified atom stereocenters. The molecule has 2 aromatic carbocycles. The highest BCUT2D eigenvalue weighted by Crippen LogP contribution is 2.32. The largest absolute Gasteiger partial charge is 0.357 e. The number of hydrogen-bond donors (Lipinski definition) is 3. The van der Waals surface area contributed by atoms with Crippen molar-refractivity contribution in [1.82, 2.24) is 19.7 Å².